The minimum atomic E-state index is -0.833. The van der Waals surface area contributed by atoms with Gasteiger partial charge in [-0.15, -0.1) is 0 Å². The molecule has 0 aliphatic rings. The predicted octanol–water partition coefficient (Wildman–Crippen LogP) is 3.59. The minimum absolute atomic E-state index is 0.138. The number of rotatable bonds is 5. The third-order valence-corrected chi connectivity index (χ3v) is 3.06. The van der Waals surface area contributed by atoms with Gasteiger partial charge in [0.25, 0.3) is 0 Å². The molecule has 1 aromatic rings. The van der Waals surface area contributed by atoms with Crippen LogP contribution in [0, 0.1) is 10.1 Å². The van der Waals surface area contributed by atoms with Gasteiger partial charge in [0, 0.05) is 16.1 Å². The van der Waals surface area contributed by atoms with E-state index in [0.29, 0.717) is 10.0 Å². The molecule has 1 unspecified atom stereocenters. The first kappa shape index (κ1) is 14.9. The molecule has 6 heteroatoms. The fourth-order valence-electron chi connectivity index (χ4n) is 1.46. The number of nitro benzene ring substituents is 1. The molecule has 0 bridgehead atoms. The van der Waals surface area contributed by atoms with E-state index >= 15 is 0 Å². The summed E-state index contributed by atoms with van der Waals surface area (Å²) in [5.74, 6) is 0.146. The summed E-state index contributed by atoms with van der Waals surface area (Å²) in [5.41, 5.74) is 0.275. The van der Waals surface area contributed by atoms with E-state index in [1.807, 2.05) is 13.8 Å². The van der Waals surface area contributed by atoms with Crippen molar-refractivity contribution in [3.8, 4) is 5.75 Å². The van der Waals surface area contributed by atoms with Crippen molar-refractivity contribution in [3.05, 3.63) is 32.3 Å². The van der Waals surface area contributed by atoms with E-state index < -0.39 is 11.0 Å². The minimum Gasteiger partial charge on any atom is -0.484 e. The van der Waals surface area contributed by atoms with E-state index in [4.69, 9.17) is 4.74 Å². The Morgan fingerprint density at radius 1 is 1.50 bits per heavy atom. The number of aliphatic hydroxyl groups is 1. The van der Waals surface area contributed by atoms with Crippen molar-refractivity contribution >= 4 is 21.6 Å². The van der Waals surface area contributed by atoms with Gasteiger partial charge in [0.2, 0.25) is 5.75 Å². The third-order valence-electron chi connectivity index (χ3n) is 2.60. The van der Waals surface area contributed by atoms with Crippen molar-refractivity contribution in [2.45, 2.75) is 39.4 Å². The highest BCUT2D eigenvalue weighted by molar-refractivity contribution is 9.10. The Morgan fingerprint density at radius 3 is 2.56 bits per heavy atom. The molecule has 0 amide bonds. The summed E-state index contributed by atoms with van der Waals surface area (Å²) >= 11 is 3.20. The first-order valence-electron chi connectivity index (χ1n) is 5.69. The van der Waals surface area contributed by atoms with E-state index in [1.165, 1.54) is 6.07 Å². The number of halogens is 1. The van der Waals surface area contributed by atoms with Gasteiger partial charge in [-0.05, 0) is 26.3 Å². The molecule has 0 saturated carbocycles. The Kier molecular flexibility index (Phi) is 5.10. The summed E-state index contributed by atoms with van der Waals surface area (Å²) in [6, 6.07) is 3.01. The first-order valence-corrected chi connectivity index (χ1v) is 6.48. The molecule has 0 aromatic heterocycles. The zero-order valence-corrected chi connectivity index (χ0v) is 12.1. The van der Waals surface area contributed by atoms with Crippen LogP contribution in [0.4, 0.5) is 5.69 Å². The van der Waals surface area contributed by atoms with Crippen molar-refractivity contribution in [1.82, 2.24) is 0 Å². The third kappa shape index (κ3) is 3.43. The number of hydrogen-bond acceptors (Lipinski definition) is 4. The lowest BCUT2D eigenvalue weighted by Gasteiger charge is -2.17. The first-order chi connectivity index (χ1) is 8.36. The predicted molar refractivity (Wildman–Crippen MR) is 71.8 cm³/mol. The molecule has 1 rings (SSSR count). The summed E-state index contributed by atoms with van der Waals surface area (Å²) in [6.07, 6.45) is -0.255. The highest BCUT2D eigenvalue weighted by Crippen LogP contribution is 2.38. The van der Waals surface area contributed by atoms with Crippen molar-refractivity contribution in [1.29, 1.82) is 0 Å². The molecule has 0 aliphatic carbocycles. The van der Waals surface area contributed by atoms with Crippen LogP contribution >= 0.6 is 15.9 Å². The second kappa shape index (κ2) is 6.15. The Morgan fingerprint density at radius 2 is 2.11 bits per heavy atom. The Hall–Kier alpha value is -1.14. The van der Waals surface area contributed by atoms with Crippen LogP contribution in [0.5, 0.6) is 5.75 Å². The second-order valence-electron chi connectivity index (χ2n) is 4.11. The zero-order valence-electron chi connectivity index (χ0n) is 10.5. The van der Waals surface area contributed by atoms with Crippen LogP contribution in [0.2, 0.25) is 0 Å². The lowest BCUT2D eigenvalue weighted by atomic mass is 10.1. The van der Waals surface area contributed by atoms with Crippen LogP contribution in [0.3, 0.4) is 0 Å². The van der Waals surface area contributed by atoms with Gasteiger partial charge in [-0.1, -0.05) is 22.9 Å². The van der Waals surface area contributed by atoms with E-state index in [0.717, 1.165) is 6.42 Å². The fourth-order valence-corrected chi connectivity index (χ4v) is 1.92. The molecule has 0 saturated heterocycles. The average molecular weight is 318 g/mol. The maximum absolute atomic E-state index is 11.0. The van der Waals surface area contributed by atoms with Crippen molar-refractivity contribution in [2.75, 3.05) is 0 Å². The summed E-state index contributed by atoms with van der Waals surface area (Å²) in [7, 11) is 0. The van der Waals surface area contributed by atoms with Crippen molar-refractivity contribution in [2.24, 2.45) is 0 Å². The number of benzene rings is 1. The smallest absolute Gasteiger partial charge is 0.312 e. The Labute approximate surface area is 114 Å². The maximum atomic E-state index is 11.0. The molecule has 18 heavy (non-hydrogen) atoms. The lowest BCUT2D eigenvalue weighted by Crippen LogP contribution is -2.13. The van der Waals surface area contributed by atoms with Crippen molar-refractivity contribution < 1.29 is 14.8 Å². The topological polar surface area (TPSA) is 72.6 Å². The average Bonchev–Trinajstić information content (AvgIpc) is 2.29. The number of nitrogens with zero attached hydrogens (tertiary/aromatic N) is 1. The van der Waals surface area contributed by atoms with Gasteiger partial charge < -0.3 is 9.84 Å². The van der Waals surface area contributed by atoms with Gasteiger partial charge in [0.1, 0.15) is 0 Å². The van der Waals surface area contributed by atoms with Crippen LogP contribution in [0.25, 0.3) is 0 Å². The maximum Gasteiger partial charge on any atom is 0.312 e. The van der Waals surface area contributed by atoms with Crippen molar-refractivity contribution in [3.63, 3.8) is 0 Å². The monoisotopic (exact) mass is 317 g/mol. The van der Waals surface area contributed by atoms with Crippen LogP contribution < -0.4 is 4.74 Å². The molecule has 5 nitrogen and oxygen atoms in total. The highest BCUT2D eigenvalue weighted by Gasteiger charge is 2.24. The number of ether oxygens (including phenoxy) is 1. The summed E-state index contributed by atoms with van der Waals surface area (Å²) in [5, 5.41) is 20.7. The van der Waals surface area contributed by atoms with Crippen LogP contribution in [0.1, 0.15) is 38.9 Å². The van der Waals surface area contributed by atoms with Gasteiger partial charge in [-0.2, -0.15) is 0 Å². The van der Waals surface area contributed by atoms with Gasteiger partial charge >= 0.3 is 5.69 Å². The number of nitro groups is 1. The molecule has 2 atom stereocenters. The van der Waals surface area contributed by atoms with E-state index in [1.54, 1.807) is 13.0 Å². The molecule has 0 radical (unpaired) electrons. The normalized spacial score (nSPS) is 14.1. The molecular weight excluding hydrogens is 302 g/mol. The molecule has 0 aliphatic heterocycles. The number of hydrogen-bond donors (Lipinski definition) is 1. The summed E-state index contributed by atoms with van der Waals surface area (Å²) < 4.78 is 6.12. The fraction of sp³-hybridized carbons (Fsp3) is 0.500. The lowest BCUT2D eigenvalue weighted by molar-refractivity contribution is -0.386. The molecule has 0 spiro atoms. The molecule has 1 aromatic carbocycles. The van der Waals surface area contributed by atoms with Gasteiger partial charge in [0.15, 0.2) is 0 Å². The molecule has 0 fully saturated rings. The van der Waals surface area contributed by atoms with Crippen LogP contribution in [0.15, 0.2) is 16.6 Å². The highest BCUT2D eigenvalue weighted by atomic mass is 79.9. The molecule has 0 heterocycles. The molecule has 100 valence electrons. The van der Waals surface area contributed by atoms with Gasteiger partial charge in [-0.25, -0.2) is 0 Å². The Balaban J connectivity index is 3.36. The Bertz CT molecular complexity index is 448. The van der Waals surface area contributed by atoms with Gasteiger partial charge in [-0.3, -0.25) is 10.1 Å². The van der Waals surface area contributed by atoms with E-state index in [9.17, 15) is 15.2 Å². The summed E-state index contributed by atoms with van der Waals surface area (Å²) in [4.78, 5) is 10.5. The molecule has 1 N–H and O–H groups in total. The van der Waals surface area contributed by atoms with Crippen LogP contribution in [-0.4, -0.2) is 16.1 Å². The molecular formula is C12H16BrNO4. The quantitative estimate of drug-likeness (QED) is 0.665. The standard InChI is InChI=1S/C12H16BrNO4/c1-4-7(2)18-12-10(8(3)15)5-9(13)6-11(12)14(16)17/h5-8,15H,4H2,1-3H3/t7?,8-/m1/s1. The SMILES string of the molecule is CCC(C)Oc1c([C@@H](C)O)cc(Br)cc1[N+](=O)[O-]. The summed E-state index contributed by atoms with van der Waals surface area (Å²) in [6.45, 7) is 5.31. The largest absolute Gasteiger partial charge is 0.484 e. The van der Waals surface area contributed by atoms with E-state index in [-0.39, 0.29) is 17.5 Å². The number of aliphatic hydroxyl groups excluding tert-OH is 1. The van der Waals surface area contributed by atoms with E-state index in [2.05, 4.69) is 15.9 Å². The zero-order chi connectivity index (χ0) is 13.9. The van der Waals surface area contributed by atoms with Crippen LogP contribution in [-0.2, 0) is 0 Å². The van der Waals surface area contributed by atoms with Gasteiger partial charge in [0.05, 0.1) is 17.1 Å². The second-order valence-corrected chi connectivity index (χ2v) is 5.03.